The minimum absolute atomic E-state index is 0.379. The molecule has 0 heterocycles. The van der Waals surface area contributed by atoms with E-state index < -0.39 is 11.9 Å². The van der Waals surface area contributed by atoms with E-state index in [0.717, 1.165) is 6.08 Å². The van der Waals surface area contributed by atoms with Gasteiger partial charge in [0.05, 0.1) is 5.56 Å². The number of carbonyl (C=O) groups excluding carboxylic acids is 1. The predicted molar refractivity (Wildman–Crippen MR) is 78.9 cm³/mol. The zero-order chi connectivity index (χ0) is 15.2. The highest BCUT2D eigenvalue weighted by atomic mass is 16.5. The van der Waals surface area contributed by atoms with Crippen LogP contribution < -0.4 is 10.5 Å². The van der Waals surface area contributed by atoms with Crippen LogP contribution in [-0.4, -0.2) is 17.0 Å². The van der Waals surface area contributed by atoms with Crippen LogP contribution in [0.5, 0.6) is 5.75 Å². The van der Waals surface area contributed by atoms with Gasteiger partial charge in [-0.05, 0) is 48.0 Å². The van der Waals surface area contributed by atoms with Gasteiger partial charge in [-0.2, -0.15) is 0 Å². The second kappa shape index (κ2) is 6.38. The zero-order valence-electron chi connectivity index (χ0n) is 11.0. The molecule has 0 aliphatic carbocycles. The summed E-state index contributed by atoms with van der Waals surface area (Å²) >= 11 is 0. The SMILES string of the molecule is Nc1ccc(C(=O)Oc2ccc(C=CC(=O)O)cc2)cc1. The van der Waals surface area contributed by atoms with E-state index in [9.17, 15) is 9.59 Å². The number of anilines is 1. The number of nitrogen functional groups attached to an aromatic ring is 1. The van der Waals surface area contributed by atoms with Crippen LogP contribution in [0.3, 0.4) is 0 Å². The smallest absolute Gasteiger partial charge is 0.343 e. The van der Waals surface area contributed by atoms with Gasteiger partial charge < -0.3 is 15.6 Å². The standard InChI is InChI=1S/C16H13NO4/c17-13-6-4-12(5-7-13)16(20)21-14-8-1-11(2-9-14)3-10-15(18)19/h1-10H,17H2,(H,18,19). The van der Waals surface area contributed by atoms with E-state index in [4.69, 9.17) is 15.6 Å². The number of carbonyl (C=O) groups is 2. The predicted octanol–water partition coefficient (Wildman–Crippen LogP) is 2.59. The van der Waals surface area contributed by atoms with Crippen molar-refractivity contribution in [1.29, 1.82) is 0 Å². The highest BCUT2D eigenvalue weighted by Crippen LogP contribution is 2.15. The summed E-state index contributed by atoms with van der Waals surface area (Å²) in [6.45, 7) is 0. The quantitative estimate of drug-likeness (QED) is 0.389. The van der Waals surface area contributed by atoms with E-state index in [1.54, 1.807) is 48.5 Å². The highest BCUT2D eigenvalue weighted by molar-refractivity contribution is 5.91. The summed E-state index contributed by atoms with van der Waals surface area (Å²) in [7, 11) is 0. The van der Waals surface area contributed by atoms with Crippen molar-refractivity contribution in [3.8, 4) is 5.75 Å². The third-order valence-corrected chi connectivity index (χ3v) is 2.66. The van der Waals surface area contributed by atoms with E-state index in [1.165, 1.54) is 6.08 Å². The highest BCUT2D eigenvalue weighted by Gasteiger charge is 2.07. The molecular formula is C16H13NO4. The van der Waals surface area contributed by atoms with E-state index in [1.807, 2.05) is 0 Å². The van der Waals surface area contributed by atoms with Gasteiger partial charge in [0.25, 0.3) is 0 Å². The lowest BCUT2D eigenvalue weighted by Crippen LogP contribution is -2.08. The molecular weight excluding hydrogens is 270 g/mol. The first kappa shape index (κ1) is 14.3. The van der Waals surface area contributed by atoms with Gasteiger partial charge in [0.2, 0.25) is 0 Å². The average Bonchev–Trinajstić information content (AvgIpc) is 2.47. The Bertz CT molecular complexity index is 672. The summed E-state index contributed by atoms with van der Waals surface area (Å²) in [6.07, 6.45) is 2.49. The topological polar surface area (TPSA) is 89.6 Å². The first-order valence-corrected chi connectivity index (χ1v) is 6.13. The molecule has 0 saturated heterocycles. The lowest BCUT2D eigenvalue weighted by atomic mass is 10.2. The number of esters is 1. The molecule has 0 aromatic heterocycles. The molecule has 2 aromatic rings. The van der Waals surface area contributed by atoms with Crippen molar-refractivity contribution in [2.45, 2.75) is 0 Å². The lowest BCUT2D eigenvalue weighted by Gasteiger charge is -2.05. The van der Waals surface area contributed by atoms with Gasteiger partial charge in [0.15, 0.2) is 0 Å². The second-order valence-electron chi connectivity index (χ2n) is 4.25. The molecule has 0 spiro atoms. The maximum absolute atomic E-state index is 11.9. The third kappa shape index (κ3) is 4.21. The molecule has 0 unspecified atom stereocenters. The van der Waals surface area contributed by atoms with Crippen molar-refractivity contribution in [1.82, 2.24) is 0 Å². The maximum atomic E-state index is 11.9. The Balaban J connectivity index is 2.04. The van der Waals surface area contributed by atoms with Crippen LogP contribution in [0.15, 0.2) is 54.6 Å². The molecule has 0 amide bonds. The Morgan fingerprint density at radius 3 is 2.19 bits per heavy atom. The summed E-state index contributed by atoms with van der Waals surface area (Å²) < 4.78 is 5.20. The third-order valence-electron chi connectivity index (χ3n) is 2.66. The van der Waals surface area contributed by atoms with Gasteiger partial charge in [-0.3, -0.25) is 0 Å². The van der Waals surface area contributed by atoms with Crippen LogP contribution in [0, 0.1) is 0 Å². The molecule has 0 aliphatic heterocycles. The molecule has 106 valence electrons. The number of ether oxygens (including phenoxy) is 1. The molecule has 5 nitrogen and oxygen atoms in total. The molecule has 0 bridgehead atoms. The number of carboxylic acids is 1. The van der Waals surface area contributed by atoms with Crippen molar-refractivity contribution in [2.75, 3.05) is 5.73 Å². The van der Waals surface area contributed by atoms with Crippen LogP contribution in [0.25, 0.3) is 6.08 Å². The maximum Gasteiger partial charge on any atom is 0.343 e. The number of benzene rings is 2. The van der Waals surface area contributed by atoms with Gasteiger partial charge >= 0.3 is 11.9 Å². The Hall–Kier alpha value is -3.08. The number of aliphatic carboxylic acids is 1. The van der Waals surface area contributed by atoms with Crippen molar-refractivity contribution >= 4 is 23.7 Å². The number of hydrogen-bond donors (Lipinski definition) is 2. The van der Waals surface area contributed by atoms with Crippen molar-refractivity contribution in [2.24, 2.45) is 0 Å². The van der Waals surface area contributed by atoms with Crippen molar-refractivity contribution < 1.29 is 19.4 Å². The first-order valence-electron chi connectivity index (χ1n) is 6.13. The molecule has 5 heteroatoms. The number of hydrogen-bond acceptors (Lipinski definition) is 4. The van der Waals surface area contributed by atoms with E-state index in [-0.39, 0.29) is 0 Å². The molecule has 0 saturated carbocycles. The summed E-state index contributed by atoms with van der Waals surface area (Å²) in [5, 5.41) is 8.53. The van der Waals surface area contributed by atoms with E-state index in [2.05, 4.69) is 0 Å². The van der Waals surface area contributed by atoms with Crippen LogP contribution in [0.4, 0.5) is 5.69 Å². The van der Waals surface area contributed by atoms with Crippen LogP contribution in [0.1, 0.15) is 15.9 Å². The van der Waals surface area contributed by atoms with E-state index in [0.29, 0.717) is 22.6 Å². The molecule has 0 atom stereocenters. The molecule has 2 aromatic carbocycles. The van der Waals surface area contributed by atoms with Gasteiger partial charge in [0, 0.05) is 11.8 Å². The normalized spacial score (nSPS) is 10.5. The Kier molecular flexibility index (Phi) is 4.36. The summed E-state index contributed by atoms with van der Waals surface area (Å²) in [6, 6.07) is 12.9. The van der Waals surface area contributed by atoms with Gasteiger partial charge in [-0.15, -0.1) is 0 Å². The zero-order valence-corrected chi connectivity index (χ0v) is 11.0. The second-order valence-corrected chi connectivity index (χ2v) is 4.25. The average molecular weight is 283 g/mol. The Labute approximate surface area is 121 Å². The summed E-state index contributed by atoms with van der Waals surface area (Å²) in [5.41, 5.74) is 7.22. The number of rotatable bonds is 4. The van der Waals surface area contributed by atoms with Gasteiger partial charge in [-0.25, -0.2) is 9.59 Å². The lowest BCUT2D eigenvalue weighted by molar-refractivity contribution is -0.131. The Morgan fingerprint density at radius 2 is 1.62 bits per heavy atom. The first-order chi connectivity index (χ1) is 10.0. The Morgan fingerprint density at radius 1 is 1.00 bits per heavy atom. The van der Waals surface area contributed by atoms with Gasteiger partial charge in [0.1, 0.15) is 5.75 Å². The minimum Gasteiger partial charge on any atom is -0.478 e. The fraction of sp³-hybridized carbons (Fsp3) is 0. The van der Waals surface area contributed by atoms with Crippen molar-refractivity contribution in [3.63, 3.8) is 0 Å². The van der Waals surface area contributed by atoms with Crippen molar-refractivity contribution in [3.05, 3.63) is 65.7 Å². The fourth-order valence-corrected chi connectivity index (χ4v) is 1.60. The summed E-state index contributed by atoms with van der Waals surface area (Å²) in [4.78, 5) is 22.3. The number of carboxylic acid groups (broad SMARTS) is 1. The van der Waals surface area contributed by atoms with Crippen LogP contribution in [0.2, 0.25) is 0 Å². The molecule has 0 fully saturated rings. The van der Waals surface area contributed by atoms with Crippen LogP contribution in [-0.2, 0) is 4.79 Å². The largest absolute Gasteiger partial charge is 0.478 e. The molecule has 3 N–H and O–H groups in total. The minimum atomic E-state index is -1.02. The monoisotopic (exact) mass is 283 g/mol. The molecule has 0 radical (unpaired) electrons. The van der Waals surface area contributed by atoms with Gasteiger partial charge in [-0.1, -0.05) is 12.1 Å². The summed E-state index contributed by atoms with van der Waals surface area (Å²) in [5.74, 6) is -1.12. The van der Waals surface area contributed by atoms with E-state index >= 15 is 0 Å². The van der Waals surface area contributed by atoms with Crippen LogP contribution >= 0.6 is 0 Å². The molecule has 2 rings (SSSR count). The molecule has 0 aliphatic rings. The molecule has 21 heavy (non-hydrogen) atoms. The fourth-order valence-electron chi connectivity index (χ4n) is 1.60. The number of nitrogens with two attached hydrogens (primary N) is 1.